The standard InChI is InChI=1S/C28H22N4O4/c1-35-27(33)19-10-6-17(7-11-19)23-15-25(31-29-23)21-4-3-5-22(14-21)26-16-24(30-32-26)18-8-12-20(13-9-18)28(34)36-2/h3-16H,1-2H3,(H,29,31)(H,30,32). The minimum atomic E-state index is -0.372. The Morgan fingerprint density at radius 3 is 1.39 bits per heavy atom. The van der Waals surface area contributed by atoms with Crippen molar-refractivity contribution in [2.75, 3.05) is 14.2 Å². The fraction of sp³-hybridized carbons (Fsp3) is 0.0714. The quantitative estimate of drug-likeness (QED) is 0.317. The number of carbonyl (C=O) groups is 2. The molecule has 0 spiro atoms. The van der Waals surface area contributed by atoms with E-state index in [1.54, 1.807) is 24.3 Å². The highest BCUT2D eigenvalue weighted by molar-refractivity contribution is 5.90. The highest BCUT2D eigenvalue weighted by Crippen LogP contribution is 2.29. The van der Waals surface area contributed by atoms with Gasteiger partial charge >= 0.3 is 11.9 Å². The highest BCUT2D eigenvalue weighted by atomic mass is 16.5. The van der Waals surface area contributed by atoms with Crippen molar-refractivity contribution < 1.29 is 19.1 Å². The Bertz CT molecular complexity index is 1420. The van der Waals surface area contributed by atoms with Crippen LogP contribution in [0.25, 0.3) is 45.0 Å². The first kappa shape index (κ1) is 22.8. The van der Waals surface area contributed by atoms with Crippen molar-refractivity contribution in [3.05, 3.63) is 96.1 Å². The molecule has 5 rings (SSSR count). The average Bonchev–Trinajstić information content (AvgIpc) is 3.63. The van der Waals surface area contributed by atoms with Gasteiger partial charge in [-0.2, -0.15) is 10.2 Å². The predicted molar refractivity (Wildman–Crippen MR) is 135 cm³/mol. The van der Waals surface area contributed by atoms with Crippen molar-refractivity contribution >= 4 is 11.9 Å². The van der Waals surface area contributed by atoms with Crippen molar-refractivity contribution in [3.8, 4) is 45.0 Å². The number of benzene rings is 3. The van der Waals surface area contributed by atoms with E-state index in [4.69, 9.17) is 9.47 Å². The van der Waals surface area contributed by atoms with E-state index in [-0.39, 0.29) is 11.9 Å². The average molecular weight is 479 g/mol. The van der Waals surface area contributed by atoms with Crippen LogP contribution in [0.15, 0.2) is 84.9 Å². The number of hydrogen-bond donors (Lipinski definition) is 2. The van der Waals surface area contributed by atoms with E-state index in [9.17, 15) is 9.59 Å². The van der Waals surface area contributed by atoms with Crippen molar-refractivity contribution in [1.29, 1.82) is 0 Å². The minimum absolute atomic E-state index is 0.372. The molecule has 0 aliphatic rings. The zero-order valence-corrected chi connectivity index (χ0v) is 19.6. The third-order valence-corrected chi connectivity index (χ3v) is 5.84. The summed E-state index contributed by atoms with van der Waals surface area (Å²) in [6, 6.07) is 26.2. The third-order valence-electron chi connectivity index (χ3n) is 5.84. The lowest BCUT2D eigenvalue weighted by Crippen LogP contribution is -2.00. The van der Waals surface area contributed by atoms with Crippen LogP contribution in [0.1, 0.15) is 20.7 Å². The molecule has 3 aromatic carbocycles. The number of methoxy groups -OCH3 is 2. The second-order valence-corrected chi connectivity index (χ2v) is 8.05. The molecule has 36 heavy (non-hydrogen) atoms. The number of rotatable bonds is 6. The van der Waals surface area contributed by atoms with Gasteiger partial charge in [0.15, 0.2) is 0 Å². The Labute approximate surface area is 206 Å². The summed E-state index contributed by atoms with van der Waals surface area (Å²) in [6.45, 7) is 0. The first-order chi connectivity index (χ1) is 17.6. The molecule has 2 aromatic heterocycles. The number of aromatic amines is 2. The van der Waals surface area contributed by atoms with E-state index in [1.807, 2.05) is 60.7 Å². The van der Waals surface area contributed by atoms with E-state index >= 15 is 0 Å². The van der Waals surface area contributed by atoms with Gasteiger partial charge in [-0.25, -0.2) is 9.59 Å². The molecule has 8 heteroatoms. The maximum Gasteiger partial charge on any atom is 0.337 e. The molecule has 0 aliphatic carbocycles. The van der Waals surface area contributed by atoms with Crippen LogP contribution in [0.2, 0.25) is 0 Å². The molecule has 178 valence electrons. The first-order valence-corrected chi connectivity index (χ1v) is 11.1. The summed E-state index contributed by atoms with van der Waals surface area (Å²) < 4.78 is 9.50. The van der Waals surface area contributed by atoms with Gasteiger partial charge in [0, 0.05) is 11.1 Å². The largest absolute Gasteiger partial charge is 0.465 e. The van der Waals surface area contributed by atoms with Crippen LogP contribution in [0.5, 0.6) is 0 Å². The second kappa shape index (κ2) is 9.71. The maximum absolute atomic E-state index is 11.7. The van der Waals surface area contributed by atoms with Gasteiger partial charge in [-0.05, 0) is 53.6 Å². The molecule has 0 bridgehead atoms. The summed E-state index contributed by atoms with van der Waals surface area (Å²) in [5.41, 5.74) is 7.93. The van der Waals surface area contributed by atoms with Gasteiger partial charge in [-0.3, -0.25) is 10.2 Å². The molecule has 0 radical (unpaired) electrons. The Kier molecular flexibility index (Phi) is 6.15. The number of H-pyrrole nitrogens is 2. The van der Waals surface area contributed by atoms with Crippen molar-refractivity contribution in [3.63, 3.8) is 0 Å². The minimum Gasteiger partial charge on any atom is -0.465 e. The smallest absolute Gasteiger partial charge is 0.337 e. The topological polar surface area (TPSA) is 110 Å². The molecule has 0 aliphatic heterocycles. The normalized spacial score (nSPS) is 10.7. The number of hydrogen-bond acceptors (Lipinski definition) is 6. The third kappa shape index (κ3) is 4.52. The number of esters is 2. The Hall–Kier alpha value is -4.98. The molecule has 2 N–H and O–H groups in total. The molecular formula is C28H22N4O4. The first-order valence-electron chi connectivity index (χ1n) is 11.1. The molecule has 2 heterocycles. The Morgan fingerprint density at radius 1 is 0.583 bits per heavy atom. The summed E-state index contributed by atoms with van der Waals surface area (Å²) in [5, 5.41) is 15.1. The molecule has 0 amide bonds. The van der Waals surface area contributed by atoms with Crippen molar-refractivity contribution in [2.45, 2.75) is 0 Å². The van der Waals surface area contributed by atoms with Crippen LogP contribution < -0.4 is 0 Å². The number of nitrogens with zero attached hydrogens (tertiary/aromatic N) is 2. The van der Waals surface area contributed by atoms with Gasteiger partial charge in [-0.15, -0.1) is 0 Å². The van der Waals surface area contributed by atoms with Crippen LogP contribution >= 0.6 is 0 Å². The highest BCUT2D eigenvalue weighted by Gasteiger charge is 2.12. The number of nitrogens with one attached hydrogen (secondary N) is 2. The Morgan fingerprint density at radius 2 is 1.00 bits per heavy atom. The van der Waals surface area contributed by atoms with Crippen molar-refractivity contribution in [2.24, 2.45) is 0 Å². The SMILES string of the molecule is COC(=O)c1ccc(-c2cc(-c3cccc(-c4cc(-c5ccc(C(=O)OC)cc5)[nH]n4)c3)n[nH]2)cc1. The predicted octanol–water partition coefficient (Wildman–Crippen LogP) is 5.37. The van der Waals surface area contributed by atoms with Gasteiger partial charge in [0.1, 0.15) is 0 Å². The van der Waals surface area contributed by atoms with Crippen LogP contribution in [-0.2, 0) is 9.47 Å². The van der Waals surface area contributed by atoms with E-state index in [1.165, 1.54) is 14.2 Å². The zero-order chi connectivity index (χ0) is 25.1. The van der Waals surface area contributed by atoms with Gasteiger partial charge in [-0.1, -0.05) is 42.5 Å². The monoisotopic (exact) mass is 478 g/mol. The van der Waals surface area contributed by atoms with E-state index in [0.717, 1.165) is 45.0 Å². The van der Waals surface area contributed by atoms with Crippen molar-refractivity contribution in [1.82, 2.24) is 20.4 Å². The maximum atomic E-state index is 11.7. The summed E-state index contributed by atoms with van der Waals surface area (Å²) in [5.74, 6) is -0.744. The Balaban J connectivity index is 1.37. The van der Waals surface area contributed by atoms with Gasteiger partial charge in [0.25, 0.3) is 0 Å². The van der Waals surface area contributed by atoms with Gasteiger partial charge in [0.2, 0.25) is 0 Å². The summed E-state index contributed by atoms with van der Waals surface area (Å²) in [7, 11) is 2.72. The molecule has 8 nitrogen and oxygen atoms in total. The zero-order valence-electron chi connectivity index (χ0n) is 19.6. The van der Waals surface area contributed by atoms with Crippen LogP contribution in [0, 0.1) is 0 Å². The lowest BCUT2D eigenvalue weighted by Gasteiger charge is -2.01. The number of carbonyl (C=O) groups excluding carboxylic acids is 2. The van der Waals surface area contributed by atoms with E-state index in [0.29, 0.717) is 11.1 Å². The molecular weight excluding hydrogens is 456 g/mol. The molecule has 0 saturated heterocycles. The van der Waals surface area contributed by atoms with Crippen LogP contribution in [-0.4, -0.2) is 46.6 Å². The lowest BCUT2D eigenvalue weighted by molar-refractivity contribution is 0.0592. The molecule has 5 aromatic rings. The molecule has 0 fully saturated rings. The molecule has 0 saturated carbocycles. The summed E-state index contributed by atoms with van der Waals surface area (Å²) in [6.07, 6.45) is 0. The summed E-state index contributed by atoms with van der Waals surface area (Å²) in [4.78, 5) is 23.3. The lowest BCUT2D eigenvalue weighted by atomic mass is 10.0. The van der Waals surface area contributed by atoms with Gasteiger partial charge < -0.3 is 9.47 Å². The van der Waals surface area contributed by atoms with Crippen LogP contribution in [0.3, 0.4) is 0 Å². The number of aromatic nitrogens is 4. The fourth-order valence-electron chi connectivity index (χ4n) is 3.88. The fourth-order valence-corrected chi connectivity index (χ4v) is 3.88. The van der Waals surface area contributed by atoms with Gasteiger partial charge in [0.05, 0.1) is 48.1 Å². The summed E-state index contributed by atoms with van der Waals surface area (Å²) >= 11 is 0. The number of ether oxygens (including phenoxy) is 2. The van der Waals surface area contributed by atoms with E-state index in [2.05, 4.69) is 20.4 Å². The molecule has 0 unspecified atom stereocenters. The second-order valence-electron chi connectivity index (χ2n) is 8.05. The van der Waals surface area contributed by atoms with E-state index < -0.39 is 0 Å². The van der Waals surface area contributed by atoms with Crippen LogP contribution in [0.4, 0.5) is 0 Å². The molecule has 0 atom stereocenters.